The third kappa shape index (κ3) is 2.10. The molecule has 3 aliphatic carbocycles. The lowest BCUT2D eigenvalue weighted by molar-refractivity contribution is -0.141. The second-order valence-electron chi connectivity index (χ2n) is 8.63. The average Bonchev–Trinajstić information content (AvgIpc) is 3.21. The van der Waals surface area contributed by atoms with Crippen LogP contribution in [0.3, 0.4) is 0 Å². The number of carbonyl (C=O) groups excluding carboxylic acids is 1. The Labute approximate surface area is 169 Å². The molecule has 2 spiro atoms. The van der Waals surface area contributed by atoms with Gasteiger partial charge in [-0.3, -0.25) is 4.79 Å². The predicted octanol–water partition coefficient (Wildman–Crippen LogP) is 3.94. The third-order valence-corrected chi connectivity index (χ3v) is 7.32. The highest BCUT2D eigenvalue weighted by molar-refractivity contribution is 7.79. The molecule has 28 heavy (non-hydrogen) atoms. The van der Waals surface area contributed by atoms with Gasteiger partial charge in [0.15, 0.2) is 24.3 Å². The zero-order chi connectivity index (χ0) is 19.7. The molecular formula is C22H22O5S. The van der Waals surface area contributed by atoms with E-state index < -0.39 is 17.1 Å². The molecule has 1 aromatic rings. The minimum absolute atomic E-state index is 0.00496. The van der Waals surface area contributed by atoms with Gasteiger partial charge in [-0.1, -0.05) is 44.2 Å². The summed E-state index contributed by atoms with van der Waals surface area (Å²) in [7, 11) is 0. The largest absolute Gasteiger partial charge is 0.468 e. The summed E-state index contributed by atoms with van der Waals surface area (Å²) in [4.78, 5) is 13.4. The van der Waals surface area contributed by atoms with E-state index >= 15 is 0 Å². The number of benzene rings is 1. The molecule has 2 bridgehead atoms. The van der Waals surface area contributed by atoms with Crippen molar-refractivity contribution in [1.29, 1.82) is 0 Å². The molecule has 4 unspecified atom stereocenters. The zero-order valence-electron chi connectivity index (χ0n) is 15.9. The molecular weight excluding hydrogens is 376 g/mol. The second kappa shape index (κ2) is 5.67. The molecule has 4 atom stereocenters. The Hall–Kier alpha value is -2.18. The van der Waals surface area contributed by atoms with Gasteiger partial charge in [-0.25, -0.2) is 0 Å². The molecule has 4 aliphatic rings. The SMILES string of the molecule is C=C1CC23C(=O)C=C4OCOC4(CC2C1(C)C)C3OC(=S)Oc1ccccc1. The average molecular weight is 398 g/mol. The molecule has 146 valence electrons. The Morgan fingerprint density at radius 2 is 2.04 bits per heavy atom. The highest BCUT2D eigenvalue weighted by Gasteiger charge is 2.78. The number of hydrogen-bond donors (Lipinski definition) is 0. The number of allylic oxidation sites excluding steroid dienone is 2. The summed E-state index contributed by atoms with van der Waals surface area (Å²) < 4.78 is 23.7. The fourth-order valence-electron chi connectivity index (χ4n) is 5.60. The number of thiocarbonyl (C=S) groups is 1. The van der Waals surface area contributed by atoms with Gasteiger partial charge in [-0.2, -0.15) is 0 Å². The summed E-state index contributed by atoms with van der Waals surface area (Å²) in [5.74, 6) is 1.17. The van der Waals surface area contributed by atoms with Crippen molar-refractivity contribution in [3.63, 3.8) is 0 Å². The smallest absolute Gasteiger partial charge is 0.358 e. The van der Waals surface area contributed by atoms with Crippen LogP contribution in [-0.4, -0.2) is 29.5 Å². The number of hydrogen-bond acceptors (Lipinski definition) is 6. The van der Waals surface area contributed by atoms with E-state index in [-0.39, 0.29) is 29.1 Å². The normalized spacial score (nSPS) is 37.0. The van der Waals surface area contributed by atoms with E-state index in [1.807, 2.05) is 18.2 Å². The van der Waals surface area contributed by atoms with Crippen LogP contribution in [0.1, 0.15) is 26.7 Å². The van der Waals surface area contributed by atoms with E-state index in [9.17, 15) is 4.79 Å². The molecule has 5 rings (SSSR count). The van der Waals surface area contributed by atoms with Crippen molar-refractivity contribution in [3.8, 4) is 5.75 Å². The van der Waals surface area contributed by atoms with E-state index in [4.69, 9.17) is 31.2 Å². The summed E-state index contributed by atoms with van der Waals surface area (Å²) in [5.41, 5.74) is -0.722. The standard InChI is InChI=1S/C22H22O5S/c1-13-10-21-15(20(13,2)3)11-22(17(9-16(21)23)24-12-25-22)18(21)27-19(28)26-14-7-5-4-6-8-14/h4-9,15,18H,1,10-12H2,2-3H3. The van der Waals surface area contributed by atoms with Gasteiger partial charge in [0, 0.05) is 18.3 Å². The number of rotatable bonds is 2. The van der Waals surface area contributed by atoms with Gasteiger partial charge in [0.2, 0.25) is 0 Å². The molecule has 2 saturated carbocycles. The van der Waals surface area contributed by atoms with Crippen LogP contribution in [0.2, 0.25) is 0 Å². The fourth-order valence-corrected chi connectivity index (χ4v) is 5.79. The Kier molecular flexibility index (Phi) is 3.62. The lowest BCUT2D eigenvalue weighted by Gasteiger charge is -2.40. The molecule has 3 fully saturated rings. The molecule has 0 radical (unpaired) electrons. The van der Waals surface area contributed by atoms with Crippen molar-refractivity contribution in [1.82, 2.24) is 0 Å². The molecule has 1 saturated heterocycles. The van der Waals surface area contributed by atoms with Crippen LogP contribution in [0.25, 0.3) is 0 Å². The van der Waals surface area contributed by atoms with E-state index in [1.165, 1.54) is 0 Å². The van der Waals surface area contributed by atoms with Crippen molar-refractivity contribution in [2.24, 2.45) is 16.7 Å². The van der Waals surface area contributed by atoms with Crippen molar-refractivity contribution in [2.75, 3.05) is 6.79 Å². The van der Waals surface area contributed by atoms with Crippen LogP contribution in [0, 0.1) is 16.7 Å². The Morgan fingerprint density at radius 3 is 2.79 bits per heavy atom. The molecule has 0 amide bonds. The number of ether oxygens (including phenoxy) is 4. The Bertz CT molecular complexity index is 920. The fraction of sp³-hybridized carbons (Fsp3) is 0.455. The van der Waals surface area contributed by atoms with Crippen LogP contribution in [-0.2, 0) is 19.0 Å². The molecule has 5 nitrogen and oxygen atoms in total. The maximum Gasteiger partial charge on any atom is 0.358 e. The predicted molar refractivity (Wildman–Crippen MR) is 105 cm³/mol. The number of ketones is 1. The van der Waals surface area contributed by atoms with Crippen molar-refractivity contribution in [2.45, 2.75) is 38.4 Å². The van der Waals surface area contributed by atoms with E-state index in [0.29, 0.717) is 24.4 Å². The van der Waals surface area contributed by atoms with Crippen LogP contribution in [0.4, 0.5) is 0 Å². The number of para-hydroxylation sites is 1. The molecule has 0 aromatic heterocycles. The molecule has 1 aliphatic heterocycles. The summed E-state index contributed by atoms with van der Waals surface area (Å²) in [5, 5.41) is -0.0181. The van der Waals surface area contributed by atoms with Gasteiger partial charge < -0.3 is 18.9 Å². The quantitative estimate of drug-likeness (QED) is 0.556. The van der Waals surface area contributed by atoms with Gasteiger partial charge in [0.05, 0.1) is 5.41 Å². The van der Waals surface area contributed by atoms with Gasteiger partial charge in [0.25, 0.3) is 0 Å². The van der Waals surface area contributed by atoms with Crippen molar-refractivity contribution < 1.29 is 23.7 Å². The highest BCUT2D eigenvalue weighted by Crippen LogP contribution is 2.71. The first-order chi connectivity index (χ1) is 13.3. The second-order valence-corrected chi connectivity index (χ2v) is 8.96. The zero-order valence-corrected chi connectivity index (χ0v) is 16.7. The topological polar surface area (TPSA) is 54.0 Å². The van der Waals surface area contributed by atoms with E-state index in [1.54, 1.807) is 18.2 Å². The van der Waals surface area contributed by atoms with Crippen LogP contribution < -0.4 is 4.74 Å². The summed E-state index contributed by atoms with van der Waals surface area (Å²) in [6.07, 6.45) is 2.18. The molecule has 6 heteroatoms. The maximum atomic E-state index is 13.4. The number of carbonyl (C=O) groups is 1. The van der Waals surface area contributed by atoms with E-state index in [2.05, 4.69) is 20.4 Å². The monoisotopic (exact) mass is 398 g/mol. The van der Waals surface area contributed by atoms with Gasteiger partial charge in [0.1, 0.15) is 11.5 Å². The first-order valence-electron chi connectivity index (χ1n) is 9.46. The minimum Gasteiger partial charge on any atom is -0.468 e. The van der Waals surface area contributed by atoms with Gasteiger partial charge >= 0.3 is 5.24 Å². The first-order valence-corrected chi connectivity index (χ1v) is 9.87. The van der Waals surface area contributed by atoms with Crippen LogP contribution in [0.5, 0.6) is 5.75 Å². The van der Waals surface area contributed by atoms with E-state index in [0.717, 1.165) is 5.57 Å². The van der Waals surface area contributed by atoms with Gasteiger partial charge in [-0.05, 0) is 36.3 Å². The Balaban J connectivity index is 1.54. The lowest BCUT2D eigenvalue weighted by atomic mass is 9.68. The maximum absolute atomic E-state index is 13.4. The summed E-state index contributed by atoms with van der Waals surface area (Å²) in [6.45, 7) is 8.66. The lowest BCUT2D eigenvalue weighted by Crippen LogP contribution is -2.55. The summed E-state index contributed by atoms with van der Waals surface area (Å²) in [6, 6.07) is 9.22. The van der Waals surface area contributed by atoms with Gasteiger partial charge in [-0.15, -0.1) is 0 Å². The van der Waals surface area contributed by atoms with Crippen molar-refractivity contribution in [3.05, 3.63) is 54.3 Å². The van der Waals surface area contributed by atoms with Crippen LogP contribution in [0.15, 0.2) is 54.3 Å². The summed E-state index contributed by atoms with van der Waals surface area (Å²) >= 11 is 5.39. The van der Waals surface area contributed by atoms with Crippen LogP contribution >= 0.6 is 12.2 Å². The molecule has 1 aromatic carbocycles. The highest BCUT2D eigenvalue weighted by atomic mass is 32.1. The molecule has 0 N–H and O–H groups in total. The first kappa shape index (κ1) is 17.9. The molecule has 1 heterocycles. The van der Waals surface area contributed by atoms with Crippen molar-refractivity contribution >= 4 is 23.2 Å². The Morgan fingerprint density at radius 1 is 1.29 bits per heavy atom. The minimum atomic E-state index is -0.805. The third-order valence-electron chi connectivity index (χ3n) is 7.14.